The first-order valence-electron chi connectivity index (χ1n) is 7.27. The van der Waals surface area contributed by atoms with Crippen molar-refractivity contribution in [3.8, 4) is 0 Å². The number of carbonyl (C=O) groups excluding carboxylic acids is 1. The minimum Gasteiger partial charge on any atom is -0.465 e. The van der Waals surface area contributed by atoms with Crippen LogP contribution in [0.2, 0.25) is 0 Å². The molecule has 0 spiro atoms. The molecular weight excluding hydrogens is 212 g/mol. The third-order valence-corrected chi connectivity index (χ3v) is 2.98. The summed E-state index contributed by atoms with van der Waals surface area (Å²) in [6.07, 6.45) is 14.6. The molecule has 0 atom stereocenters. The average Bonchev–Trinajstić information content (AvgIpc) is 2.35. The number of hydrogen-bond donors (Lipinski definition) is 0. The molecule has 101 valence electrons. The Morgan fingerprint density at radius 1 is 0.882 bits per heavy atom. The molecule has 0 aromatic carbocycles. The Labute approximate surface area is 107 Å². The lowest BCUT2D eigenvalue weighted by atomic mass is 10.1. The summed E-state index contributed by atoms with van der Waals surface area (Å²) in [5, 5.41) is 0. The average molecular weight is 241 g/mol. The standard InChI is InChI=1S/C15H29O2/c1-3-5-6-7-8-9-10-11-12-13-14-17-15(16)4-2/h4H,3,5-14H2,1-2H3. The van der Waals surface area contributed by atoms with Gasteiger partial charge in [-0.1, -0.05) is 71.6 Å². The second kappa shape index (κ2) is 13.5. The molecule has 1 radical (unpaired) electrons. The van der Waals surface area contributed by atoms with Crippen molar-refractivity contribution in [2.24, 2.45) is 0 Å². The zero-order valence-corrected chi connectivity index (χ0v) is 11.7. The predicted molar refractivity (Wildman–Crippen MR) is 72.8 cm³/mol. The third kappa shape index (κ3) is 13.4. The van der Waals surface area contributed by atoms with E-state index in [1.54, 1.807) is 6.92 Å². The maximum absolute atomic E-state index is 10.8. The first-order chi connectivity index (χ1) is 8.31. The van der Waals surface area contributed by atoms with E-state index in [0.717, 1.165) is 6.42 Å². The fourth-order valence-corrected chi connectivity index (χ4v) is 1.85. The van der Waals surface area contributed by atoms with E-state index in [0.29, 0.717) is 6.61 Å². The van der Waals surface area contributed by atoms with Crippen molar-refractivity contribution in [3.05, 3.63) is 6.42 Å². The Morgan fingerprint density at radius 2 is 1.35 bits per heavy atom. The molecule has 0 amide bonds. The molecule has 0 fully saturated rings. The van der Waals surface area contributed by atoms with Gasteiger partial charge in [-0.05, 0) is 6.42 Å². The molecule has 0 bridgehead atoms. The van der Waals surface area contributed by atoms with Gasteiger partial charge in [0.2, 0.25) is 0 Å². The molecule has 0 aliphatic carbocycles. The van der Waals surface area contributed by atoms with Crippen LogP contribution < -0.4 is 0 Å². The van der Waals surface area contributed by atoms with E-state index in [2.05, 4.69) is 6.92 Å². The Hall–Kier alpha value is -0.530. The summed E-state index contributed by atoms with van der Waals surface area (Å²) in [6.45, 7) is 4.55. The van der Waals surface area contributed by atoms with E-state index in [1.165, 1.54) is 64.2 Å². The van der Waals surface area contributed by atoms with Crippen molar-refractivity contribution in [1.82, 2.24) is 0 Å². The Bertz CT molecular complexity index is 166. The van der Waals surface area contributed by atoms with Crippen molar-refractivity contribution in [1.29, 1.82) is 0 Å². The molecule has 0 heterocycles. The van der Waals surface area contributed by atoms with Gasteiger partial charge in [-0.2, -0.15) is 0 Å². The Balaban J connectivity index is 2.96. The lowest BCUT2D eigenvalue weighted by Crippen LogP contribution is -2.04. The van der Waals surface area contributed by atoms with E-state index in [1.807, 2.05) is 0 Å². The van der Waals surface area contributed by atoms with Crippen LogP contribution >= 0.6 is 0 Å². The highest BCUT2D eigenvalue weighted by Crippen LogP contribution is 2.10. The summed E-state index contributed by atoms with van der Waals surface area (Å²) < 4.78 is 4.97. The maximum Gasteiger partial charge on any atom is 0.309 e. The summed E-state index contributed by atoms with van der Waals surface area (Å²) in [4.78, 5) is 10.8. The van der Waals surface area contributed by atoms with Gasteiger partial charge in [-0.15, -0.1) is 0 Å². The van der Waals surface area contributed by atoms with E-state index >= 15 is 0 Å². The SMILES string of the molecule is C[CH]C(=O)OCCCCCCCCCCCC. The second-order valence-corrected chi connectivity index (χ2v) is 4.64. The lowest BCUT2D eigenvalue weighted by molar-refractivity contribution is -0.139. The molecular formula is C15H29O2. The number of ether oxygens (including phenoxy) is 1. The van der Waals surface area contributed by atoms with Crippen LogP contribution in [0, 0.1) is 6.42 Å². The van der Waals surface area contributed by atoms with Gasteiger partial charge in [0.1, 0.15) is 0 Å². The van der Waals surface area contributed by atoms with E-state index in [4.69, 9.17) is 4.74 Å². The summed E-state index contributed by atoms with van der Waals surface area (Å²) in [7, 11) is 0. The second-order valence-electron chi connectivity index (χ2n) is 4.64. The van der Waals surface area contributed by atoms with Crippen LogP contribution in [-0.4, -0.2) is 12.6 Å². The highest BCUT2D eigenvalue weighted by molar-refractivity contribution is 5.78. The van der Waals surface area contributed by atoms with Gasteiger partial charge < -0.3 is 4.74 Å². The largest absolute Gasteiger partial charge is 0.465 e. The van der Waals surface area contributed by atoms with Gasteiger partial charge >= 0.3 is 5.97 Å². The number of carbonyl (C=O) groups is 1. The van der Waals surface area contributed by atoms with Crippen LogP contribution in [0.3, 0.4) is 0 Å². The first kappa shape index (κ1) is 16.5. The lowest BCUT2D eigenvalue weighted by Gasteiger charge is -2.03. The molecule has 2 nitrogen and oxygen atoms in total. The Morgan fingerprint density at radius 3 is 1.82 bits per heavy atom. The molecule has 0 N–H and O–H groups in total. The zero-order chi connectivity index (χ0) is 12.8. The highest BCUT2D eigenvalue weighted by Gasteiger charge is 1.97. The van der Waals surface area contributed by atoms with E-state index in [-0.39, 0.29) is 5.97 Å². The minimum absolute atomic E-state index is 0.194. The summed E-state index contributed by atoms with van der Waals surface area (Å²) >= 11 is 0. The van der Waals surface area contributed by atoms with Crippen molar-refractivity contribution < 1.29 is 9.53 Å². The zero-order valence-electron chi connectivity index (χ0n) is 11.7. The summed E-state index contributed by atoms with van der Waals surface area (Å²) in [5.41, 5.74) is 0. The van der Waals surface area contributed by atoms with Gasteiger partial charge in [0, 0.05) is 0 Å². The van der Waals surface area contributed by atoms with Crippen LogP contribution in [-0.2, 0) is 9.53 Å². The minimum atomic E-state index is -0.194. The monoisotopic (exact) mass is 241 g/mol. The fraction of sp³-hybridized carbons (Fsp3) is 0.867. The number of esters is 1. The normalized spacial score (nSPS) is 10.5. The topological polar surface area (TPSA) is 26.3 Å². The molecule has 0 aliphatic rings. The van der Waals surface area contributed by atoms with E-state index < -0.39 is 0 Å². The molecule has 0 aliphatic heterocycles. The van der Waals surface area contributed by atoms with Crippen LogP contribution in [0.1, 0.15) is 78.1 Å². The van der Waals surface area contributed by atoms with Gasteiger partial charge in [-0.25, -0.2) is 0 Å². The van der Waals surface area contributed by atoms with Crippen LogP contribution in [0.15, 0.2) is 0 Å². The van der Waals surface area contributed by atoms with Crippen LogP contribution in [0.5, 0.6) is 0 Å². The molecule has 0 aromatic rings. The number of rotatable bonds is 12. The first-order valence-corrected chi connectivity index (χ1v) is 7.27. The van der Waals surface area contributed by atoms with Crippen LogP contribution in [0.4, 0.5) is 0 Å². The summed E-state index contributed by atoms with van der Waals surface area (Å²) in [5.74, 6) is -0.194. The quantitative estimate of drug-likeness (QED) is 0.366. The van der Waals surface area contributed by atoms with Gasteiger partial charge in [-0.3, -0.25) is 4.79 Å². The fourth-order valence-electron chi connectivity index (χ4n) is 1.85. The third-order valence-electron chi connectivity index (χ3n) is 2.98. The smallest absolute Gasteiger partial charge is 0.309 e. The highest BCUT2D eigenvalue weighted by atomic mass is 16.5. The molecule has 0 aromatic heterocycles. The van der Waals surface area contributed by atoms with Crippen molar-refractivity contribution >= 4 is 5.97 Å². The molecule has 0 saturated heterocycles. The van der Waals surface area contributed by atoms with Gasteiger partial charge in [0.25, 0.3) is 0 Å². The van der Waals surface area contributed by atoms with Crippen LogP contribution in [0.25, 0.3) is 0 Å². The van der Waals surface area contributed by atoms with E-state index in [9.17, 15) is 4.79 Å². The molecule has 0 saturated carbocycles. The molecule has 0 rings (SSSR count). The van der Waals surface area contributed by atoms with Crippen molar-refractivity contribution in [2.75, 3.05) is 6.61 Å². The van der Waals surface area contributed by atoms with Crippen molar-refractivity contribution in [2.45, 2.75) is 78.1 Å². The molecule has 0 unspecified atom stereocenters. The van der Waals surface area contributed by atoms with Crippen molar-refractivity contribution in [3.63, 3.8) is 0 Å². The van der Waals surface area contributed by atoms with Gasteiger partial charge in [0.15, 0.2) is 0 Å². The maximum atomic E-state index is 10.8. The number of hydrogen-bond acceptors (Lipinski definition) is 2. The molecule has 17 heavy (non-hydrogen) atoms. The summed E-state index contributed by atoms with van der Waals surface area (Å²) in [6, 6.07) is 0. The molecule has 2 heteroatoms. The Kier molecular flexibility index (Phi) is 13.1. The predicted octanol–water partition coefficient (Wildman–Crippen LogP) is 4.67. The van der Waals surface area contributed by atoms with Gasteiger partial charge in [0.05, 0.1) is 13.0 Å². The number of unbranched alkanes of at least 4 members (excludes halogenated alkanes) is 9.